The first-order valence-electron chi connectivity index (χ1n) is 5.50. The van der Waals surface area contributed by atoms with Crippen LogP contribution in [0.4, 0.5) is 0 Å². The first-order valence-corrected chi connectivity index (χ1v) is 6.44. The number of hydrogen-bond donors (Lipinski definition) is 1. The third-order valence-electron chi connectivity index (χ3n) is 2.63. The molecule has 2 rings (SSSR count). The highest BCUT2D eigenvalue weighted by Crippen LogP contribution is 2.11. The van der Waals surface area contributed by atoms with Crippen LogP contribution in [0.1, 0.15) is 17.5 Å². The summed E-state index contributed by atoms with van der Waals surface area (Å²) >= 11 is 1.73. The molecule has 16 heavy (non-hydrogen) atoms. The van der Waals surface area contributed by atoms with Gasteiger partial charge in [-0.05, 0) is 59.3 Å². The molecule has 0 fully saturated rings. The predicted octanol–water partition coefficient (Wildman–Crippen LogP) is 2.65. The van der Waals surface area contributed by atoms with Crippen molar-refractivity contribution in [2.24, 2.45) is 5.73 Å². The summed E-state index contributed by atoms with van der Waals surface area (Å²) in [6, 6.07) is 6.51. The molecular weight excluding hydrogens is 216 g/mol. The Bertz CT molecular complexity index is 397. The number of aryl methyl sites for hydroxylation is 1. The van der Waals surface area contributed by atoms with E-state index in [1.54, 1.807) is 11.3 Å². The number of pyridine rings is 1. The fourth-order valence-corrected chi connectivity index (χ4v) is 2.40. The third kappa shape index (κ3) is 3.43. The van der Waals surface area contributed by atoms with Gasteiger partial charge in [0.15, 0.2) is 0 Å². The van der Waals surface area contributed by atoms with Crippen LogP contribution >= 0.6 is 11.3 Å². The summed E-state index contributed by atoms with van der Waals surface area (Å²) in [6.07, 6.45) is 6.71. The van der Waals surface area contributed by atoms with Crippen LogP contribution in [-0.2, 0) is 12.8 Å². The van der Waals surface area contributed by atoms with Crippen molar-refractivity contribution in [1.29, 1.82) is 0 Å². The molecule has 0 amide bonds. The average Bonchev–Trinajstić information content (AvgIpc) is 2.81. The zero-order valence-electron chi connectivity index (χ0n) is 9.17. The molecule has 2 aromatic heterocycles. The maximum atomic E-state index is 6.10. The molecule has 0 saturated carbocycles. The van der Waals surface area contributed by atoms with Crippen LogP contribution in [0, 0.1) is 0 Å². The molecule has 2 nitrogen and oxygen atoms in total. The first kappa shape index (κ1) is 11.3. The van der Waals surface area contributed by atoms with Gasteiger partial charge in [0.2, 0.25) is 0 Å². The fraction of sp³-hybridized carbons (Fsp3) is 0.308. The highest BCUT2D eigenvalue weighted by molar-refractivity contribution is 7.07. The molecule has 0 aliphatic heterocycles. The van der Waals surface area contributed by atoms with Gasteiger partial charge in [-0.2, -0.15) is 11.3 Å². The Morgan fingerprint density at radius 3 is 2.69 bits per heavy atom. The van der Waals surface area contributed by atoms with E-state index in [9.17, 15) is 0 Å². The Kier molecular flexibility index (Phi) is 4.08. The smallest absolute Gasteiger partial charge is 0.0270 e. The first-order chi connectivity index (χ1) is 7.84. The van der Waals surface area contributed by atoms with Crippen LogP contribution in [0.25, 0.3) is 0 Å². The van der Waals surface area contributed by atoms with E-state index in [-0.39, 0.29) is 6.04 Å². The number of nitrogens with zero attached hydrogens (tertiary/aromatic N) is 1. The van der Waals surface area contributed by atoms with Crippen LogP contribution in [0.5, 0.6) is 0 Å². The molecule has 1 atom stereocenters. The van der Waals surface area contributed by atoms with Gasteiger partial charge in [-0.25, -0.2) is 0 Å². The molecule has 0 aliphatic carbocycles. The van der Waals surface area contributed by atoms with Crippen LogP contribution < -0.4 is 5.73 Å². The van der Waals surface area contributed by atoms with E-state index in [1.165, 1.54) is 11.1 Å². The second-order valence-electron chi connectivity index (χ2n) is 3.99. The highest BCUT2D eigenvalue weighted by Gasteiger charge is 2.04. The molecule has 1 unspecified atom stereocenters. The van der Waals surface area contributed by atoms with E-state index in [1.807, 2.05) is 12.4 Å². The van der Waals surface area contributed by atoms with Crippen molar-refractivity contribution in [1.82, 2.24) is 4.98 Å². The van der Waals surface area contributed by atoms with E-state index in [2.05, 4.69) is 33.9 Å². The van der Waals surface area contributed by atoms with Crippen LogP contribution in [-0.4, -0.2) is 11.0 Å². The summed E-state index contributed by atoms with van der Waals surface area (Å²) in [5, 5.41) is 4.28. The van der Waals surface area contributed by atoms with Crippen molar-refractivity contribution >= 4 is 11.3 Å². The van der Waals surface area contributed by atoms with Gasteiger partial charge in [-0.1, -0.05) is 0 Å². The van der Waals surface area contributed by atoms with Crippen molar-refractivity contribution in [2.45, 2.75) is 25.3 Å². The molecule has 84 valence electrons. The van der Waals surface area contributed by atoms with E-state index in [0.717, 1.165) is 19.3 Å². The van der Waals surface area contributed by atoms with Crippen molar-refractivity contribution in [3.8, 4) is 0 Å². The van der Waals surface area contributed by atoms with Gasteiger partial charge < -0.3 is 5.73 Å². The molecule has 0 aromatic carbocycles. The zero-order chi connectivity index (χ0) is 11.2. The summed E-state index contributed by atoms with van der Waals surface area (Å²) in [5.74, 6) is 0. The second-order valence-corrected chi connectivity index (χ2v) is 4.77. The Balaban J connectivity index is 1.78. The number of aromatic nitrogens is 1. The molecule has 0 aliphatic rings. The molecule has 2 heterocycles. The average molecular weight is 232 g/mol. The minimum absolute atomic E-state index is 0.253. The van der Waals surface area contributed by atoms with E-state index < -0.39 is 0 Å². The highest BCUT2D eigenvalue weighted by atomic mass is 32.1. The summed E-state index contributed by atoms with van der Waals surface area (Å²) < 4.78 is 0. The maximum Gasteiger partial charge on any atom is 0.0270 e. The summed E-state index contributed by atoms with van der Waals surface area (Å²) in [5.41, 5.74) is 8.77. The minimum atomic E-state index is 0.253. The second kappa shape index (κ2) is 5.77. The van der Waals surface area contributed by atoms with E-state index in [4.69, 9.17) is 5.73 Å². The fourth-order valence-electron chi connectivity index (χ4n) is 1.72. The lowest BCUT2D eigenvalue weighted by molar-refractivity contribution is 0.611. The van der Waals surface area contributed by atoms with E-state index >= 15 is 0 Å². The Labute approximate surface area is 100 Å². The van der Waals surface area contributed by atoms with Gasteiger partial charge in [0.05, 0.1) is 0 Å². The van der Waals surface area contributed by atoms with Crippen LogP contribution in [0.3, 0.4) is 0 Å². The number of nitrogens with two attached hydrogens (primary N) is 1. The normalized spacial score (nSPS) is 12.6. The maximum absolute atomic E-state index is 6.10. The molecule has 2 N–H and O–H groups in total. The van der Waals surface area contributed by atoms with Crippen molar-refractivity contribution < 1.29 is 0 Å². The van der Waals surface area contributed by atoms with Gasteiger partial charge in [-0.15, -0.1) is 0 Å². The summed E-state index contributed by atoms with van der Waals surface area (Å²) in [6.45, 7) is 0. The summed E-state index contributed by atoms with van der Waals surface area (Å²) in [4.78, 5) is 4.00. The van der Waals surface area contributed by atoms with Crippen LogP contribution in [0.2, 0.25) is 0 Å². The summed E-state index contributed by atoms with van der Waals surface area (Å²) in [7, 11) is 0. The molecule has 3 heteroatoms. The van der Waals surface area contributed by atoms with Crippen molar-refractivity contribution in [3.05, 3.63) is 52.5 Å². The largest absolute Gasteiger partial charge is 0.327 e. The number of thiophene rings is 1. The predicted molar refractivity (Wildman–Crippen MR) is 68.6 cm³/mol. The monoisotopic (exact) mass is 232 g/mol. The lowest BCUT2D eigenvalue weighted by Crippen LogP contribution is -2.23. The Morgan fingerprint density at radius 1 is 1.19 bits per heavy atom. The number of hydrogen-bond acceptors (Lipinski definition) is 3. The lowest BCUT2D eigenvalue weighted by Gasteiger charge is -2.10. The quantitative estimate of drug-likeness (QED) is 0.860. The molecule has 0 saturated heterocycles. The topological polar surface area (TPSA) is 38.9 Å². The van der Waals surface area contributed by atoms with Gasteiger partial charge >= 0.3 is 0 Å². The SMILES string of the molecule is NC(CCc1ccncc1)Cc1ccsc1. The van der Waals surface area contributed by atoms with Gasteiger partial charge in [-0.3, -0.25) is 4.98 Å². The van der Waals surface area contributed by atoms with Crippen molar-refractivity contribution in [3.63, 3.8) is 0 Å². The molecule has 0 spiro atoms. The van der Waals surface area contributed by atoms with E-state index in [0.29, 0.717) is 0 Å². The minimum Gasteiger partial charge on any atom is -0.327 e. The molecule has 0 bridgehead atoms. The Hall–Kier alpha value is -1.19. The molecule has 2 aromatic rings. The Morgan fingerprint density at radius 2 is 2.00 bits per heavy atom. The van der Waals surface area contributed by atoms with Crippen molar-refractivity contribution in [2.75, 3.05) is 0 Å². The van der Waals surface area contributed by atoms with Gasteiger partial charge in [0.25, 0.3) is 0 Å². The van der Waals surface area contributed by atoms with Gasteiger partial charge in [0, 0.05) is 18.4 Å². The molecule has 0 radical (unpaired) electrons. The molecular formula is C13H16N2S. The zero-order valence-corrected chi connectivity index (χ0v) is 9.99. The standard InChI is InChI=1S/C13H16N2S/c14-13(9-12-5-8-16-10-12)2-1-11-3-6-15-7-4-11/h3-8,10,13H,1-2,9,14H2. The third-order valence-corrected chi connectivity index (χ3v) is 3.36. The lowest BCUT2D eigenvalue weighted by atomic mass is 10.0. The number of rotatable bonds is 5. The van der Waals surface area contributed by atoms with Crippen LogP contribution in [0.15, 0.2) is 41.4 Å². The van der Waals surface area contributed by atoms with Gasteiger partial charge in [0.1, 0.15) is 0 Å².